The summed E-state index contributed by atoms with van der Waals surface area (Å²) in [4.78, 5) is 29.6. The summed E-state index contributed by atoms with van der Waals surface area (Å²) in [7, 11) is 1.65. The lowest BCUT2D eigenvalue weighted by Crippen LogP contribution is -2.48. The number of aromatic nitrogens is 1. The number of rotatable bonds is 7. The standard InChI is InChI=1S/C23H31N3O3/c1-5-12-25(23(28)17(2)3)16-21(27)26-15-14-24-13-8-10-19(24)22(26)18-9-6-7-11-20(18)29-4/h6-11,13,17,22H,5,12,14-16H2,1-4H3. The average Bonchev–Trinajstić information content (AvgIpc) is 3.20. The molecule has 0 fully saturated rings. The molecule has 156 valence electrons. The largest absolute Gasteiger partial charge is 0.496 e. The molecular weight excluding hydrogens is 366 g/mol. The van der Waals surface area contributed by atoms with E-state index < -0.39 is 0 Å². The molecule has 1 aliphatic heterocycles. The van der Waals surface area contributed by atoms with Crippen molar-refractivity contribution in [3.05, 3.63) is 53.9 Å². The van der Waals surface area contributed by atoms with Gasteiger partial charge in [0.25, 0.3) is 0 Å². The average molecular weight is 398 g/mol. The zero-order valence-electron chi connectivity index (χ0n) is 17.8. The van der Waals surface area contributed by atoms with Crippen LogP contribution >= 0.6 is 0 Å². The van der Waals surface area contributed by atoms with E-state index in [4.69, 9.17) is 4.74 Å². The molecular formula is C23H31N3O3. The van der Waals surface area contributed by atoms with Crippen molar-refractivity contribution in [2.24, 2.45) is 5.92 Å². The van der Waals surface area contributed by atoms with E-state index >= 15 is 0 Å². The third-order valence-electron chi connectivity index (χ3n) is 5.42. The fourth-order valence-corrected chi connectivity index (χ4v) is 4.03. The second kappa shape index (κ2) is 9.16. The lowest BCUT2D eigenvalue weighted by atomic mass is 9.98. The van der Waals surface area contributed by atoms with Gasteiger partial charge in [-0.2, -0.15) is 0 Å². The first-order chi connectivity index (χ1) is 14.0. The minimum Gasteiger partial charge on any atom is -0.496 e. The van der Waals surface area contributed by atoms with Gasteiger partial charge in [-0.1, -0.05) is 39.0 Å². The van der Waals surface area contributed by atoms with E-state index in [1.54, 1.807) is 12.0 Å². The van der Waals surface area contributed by atoms with E-state index in [1.165, 1.54) is 0 Å². The quantitative estimate of drug-likeness (QED) is 0.720. The Hall–Kier alpha value is -2.76. The minimum absolute atomic E-state index is 0.0226. The molecule has 1 aliphatic rings. The molecule has 0 saturated heterocycles. The highest BCUT2D eigenvalue weighted by Gasteiger charge is 2.35. The highest BCUT2D eigenvalue weighted by atomic mass is 16.5. The van der Waals surface area contributed by atoms with Crippen LogP contribution in [0.5, 0.6) is 5.75 Å². The van der Waals surface area contributed by atoms with Crippen molar-refractivity contribution in [2.75, 3.05) is 26.7 Å². The van der Waals surface area contributed by atoms with Crippen molar-refractivity contribution in [3.63, 3.8) is 0 Å². The van der Waals surface area contributed by atoms with E-state index in [1.807, 2.05) is 62.2 Å². The van der Waals surface area contributed by atoms with Gasteiger partial charge in [-0.25, -0.2) is 0 Å². The number of nitrogens with zero attached hydrogens (tertiary/aromatic N) is 3. The monoisotopic (exact) mass is 397 g/mol. The van der Waals surface area contributed by atoms with Gasteiger partial charge >= 0.3 is 0 Å². The number of ether oxygens (including phenoxy) is 1. The van der Waals surface area contributed by atoms with Gasteiger partial charge in [0.2, 0.25) is 11.8 Å². The van der Waals surface area contributed by atoms with Crippen molar-refractivity contribution >= 4 is 11.8 Å². The minimum atomic E-state index is -0.236. The number of hydrogen-bond acceptors (Lipinski definition) is 3. The van der Waals surface area contributed by atoms with E-state index in [9.17, 15) is 9.59 Å². The number of benzene rings is 1. The van der Waals surface area contributed by atoms with Crippen molar-refractivity contribution in [2.45, 2.75) is 39.8 Å². The van der Waals surface area contributed by atoms with E-state index in [-0.39, 0.29) is 30.3 Å². The number of fused-ring (bicyclic) bond motifs is 1. The van der Waals surface area contributed by atoms with Crippen LogP contribution in [0.25, 0.3) is 0 Å². The maximum absolute atomic E-state index is 13.4. The molecule has 6 nitrogen and oxygen atoms in total. The summed E-state index contributed by atoms with van der Waals surface area (Å²) in [6.45, 7) is 7.81. The van der Waals surface area contributed by atoms with Crippen molar-refractivity contribution < 1.29 is 14.3 Å². The first-order valence-electron chi connectivity index (χ1n) is 10.3. The molecule has 0 N–H and O–H groups in total. The molecule has 0 saturated carbocycles. The van der Waals surface area contributed by atoms with Gasteiger partial charge in [-0.3, -0.25) is 9.59 Å². The van der Waals surface area contributed by atoms with Gasteiger partial charge in [0.05, 0.1) is 13.7 Å². The molecule has 2 heterocycles. The highest BCUT2D eigenvalue weighted by molar-refractivity contribution is 5.86. The first kappa shape index (κ1) is 21.0. The van der Waals surface area contributed by atoms with E-state index in [2.05, 4.69) is 10.6 Å². The van der Waals surface area contributed by atoms with Gasteiger partial charge in [0, 0.05) is 43.0 Å². The van der Waals surface area contributed by atoms with Crippen molar-refractivity contribution in [1.29, 1.82) is 0 Å². The SMILES string of the molecule is CCCN(CC(=O)N1CCn2cccc2C1c1ccccc1OC)C(=O)C(C)C. The Balaban J connectivity index is 1.94. The lowest BCUT2D eigenvalue weighted by Gasteiger charge is -2.39. The predicted octanol–water partition coefficient (Wildman–Crippen LogP) is 3.32. The third kappa shape index (κ3) is 4.31. The summed E-state index contributed by atoms with van der Waals surface area (Å²) < 4.78 is 7.78. The van der Waals surface area contributed by atoms with Crippen LogP contribution in [-0.4, -0.2) is 52.9 Å². The van der Waals surface area contributed by atoms with Gasteiger partial charge in [0.15, 0.2) is 0 Å². The first-order valence-corrected chi connectivity index (χ1v) is 10.3. The van der Waals surface area contributed by atoms with Crippen LogP contribution in [0.4, 0.5) is 0 Å². The topological polar surface area (TPSA) is 54.8 Å². The Morgan fingerprint density at radius 2 is 1.93 bits per heavy atom. The predicted molar refractivity (Wildman–Crippen MR) is 113 cm³/mol. The number of methoxy groups -OCH3 is 1. The normalized spacial score (nSPS) is 15.9. The number of carbonyl (C=O) groups excluding carboxylic acids is 2. The van der Waals surface area contributed by atoms with Crippen molar-refractivity contribution in [3.8, 4) is 5.75 Å². The van der Waals surface area contributed by atoms with Crippen LogP contribution < -0.4 is 4.74 Å². The van der Waals surface area contributed by atoms with Crippen LogP contribution in [0.3, 0.4) is 0 Å². The maximum atomic E-state index is 13.4. The summed E-state index contributed by atoms with van der Waals surface area (Å²) in [6.07, 6.45) is 2.87. The number of carbonyl (C=O) groups is 2. The molecule has 2 amide bonds. The molecule has 0 bridgehead atoms. The van der Waals surface area contributed by atoms with Crippen LogP contribution in [0.2, 0.25) is 0 Å². The molecule has 2 aromatic rings. The number of para-hydroxylation sites is 1. The van der Waals surface area contributed by atoms with Gasteiger partial charge in [-0.15, -0.1) is 0 Å². The van der Waals surface area contributed by atoms with E-state index in [0.717, 1.165) is 30.0 Å². The molecule has 0 aliphatic carbocycles. The van der Waals surface area contributed by atoms with Crippen LogP contribution in [0, 0.1) is 5.92 Å². The fraction of sp³-hybridized carbons (Fsp3) is 0.478. The Morgan fingerprint density at radius 3 is 2.62 bits per heavy atom. The third-order valence-corrected chi connectivity index (χ3v) is 5.42. The summed E-state index contributed by atoms with van der Waals surface area (Å²) in [5.41, 5.74) is 2.02. The summed E-state index contributed by atoms with van der Waals surface area (Å²) in [5, 5.41) is 0. The molecule has 29 heavy (non-hydrogen) atoms. The molecule has 1 aromatic carbocycles. The zero-order valence-corrected chi connectivity index (χ0v) is 17.8. The Bertz CT molecular complexity index is 859. The highest BCUT2D eigenvalue weighted by Crippen LogP contribution is 2.37. The number of amides is 2. The molecule has 1 unspecified atom stereocenters. The lowest BCUT2D eigenvalue weighted by molar-refractivity contribution is -0.143. The summed E-state index contributed by atoms with van der Waals surface area (Å²) in [6, 6.07) is 11.7. The fourth-order valence-electron chi connectivity index (χ4n) is 4.03. The molecule has 1 atom stereocenters. The second-order valence-electron chi connectivity index (χ2n) is 7.77. The molecule has 6 heteroatoms. The van der Waals surface area contributed by atoms with Gasteiger partial charge in [-0.05, 0) is 24.6 Å². The Morgan fingerprint density at radius 1 is 1.17 bits per heavy atom. The maximum Gasteiger partial charge on any atom is 0.243 e. The van der Waals surface area contributed by atoms with Crippen LogP contribution in [0.15, 0.2) is 42.6 Å². The zero-order chi connectivity index (χ0) is 21.0. The Kier molecular flexibility index (Phi) is 6.62. The van der Waals surface area contributed by atoms with Gasteiger partial charge < -0.3 is 19.1 Å². The van der Waals surface area contributed by atoms with Crippen LogP contribution in [-0.2, 0) is 16.1 Å². The van der Waals surface area contributed by atoms with Crippen molar-refractivity contribution in [1.82, 2.24) is 14.4 Å². The van der Waals surface area contributed by atoms with E-state index in [0.29, 0.717) is 13.1 Å². The molecule has 3 rings (SSSR count). The Labute approximate surface area is 173 Å². The smallest absolute Gasteiger partial charge is 0.243 e. The number of hydrogen-bond donors (Lipinski definition) is 0. The molecule has 0 radical (unpaired) electrons. The molecule has 0 spiro atoms. The summed E-state index contributed by atoms with van der Waals surface area (Å²) >= 11 is 0. The van der Waals surface area contributed by atoms with Gasteiger partial charge in [0.1, 0.15) is 11.8 Å². The summed E-state index contributed by atoms with van der Waals surface area (Å²) in [5.74, 6) is 0.622. The molecule has 1 aromatic heterocycles. The van der Waals surface area contributed by atoms with Crippen LogP contribution in [0.1, 0.15) is 44.5 Å². The second-order valence-corrected chi connectivity index (χ2v) is 7.77.